The molecule has 4 fully saturated rings. The van der Waals surface area contributed by atoms with Crippen molar-refractivity contribution in [3.63, 3.8) is 0 Å². The van der Waals surface area contributed by atoms with Crippen LogP contribution in [0.5, 0.6) is 0 Å². The highest BCUT2D eigenvalue weighted by Crippen LogP contribution is 2.61. The molecule has 3 aliphatic carbocycles. The molecule has 2 heterocycles. The Morgan fingerprint density at radius 1 is 1.21 bits per heavy atom. The fourth-order valence-electron chi connectivity index (χ4n) is 5.27. The van der Waals surface area contributed by atoms with Gasteiger partial charge < -0.3 is 15.1 Å². The molecule has 3 saturated carbocycles. The Bertz CT molecular complexity index is 575. The summed E-state index contributed by atoms with van der Waals surface area (Å²) in [5.74, 6) is 3.78. The molecule has 0 unspecified atom stereocenters. The molecule has 0 aromatic carbocycles. The molecule has 5 rings (SSSR count). The monoisotopic (exact) mass is 328 g/mol. The van der Waals surface area contributed by atoms with Gasteiger partial charge in [-0.3, -0.25) is 0 Å². The SMILES string of the molecule is CN1CCN(c2cccnc2NC[C@H]2CC[C@H]3C[C@@H]2C3(C)C)CC1. The van der Waals surface area contributed by atoms with E-state index in [1.165, 1.54) is 24.9 Å². The Labute approximate surface area is 146 Å². The van der Waals surface area contributed by atoms with Gasteiger partial charge in [0.15, 0.2) is 0 Å². The van der Waals surface area contributed by atoms with Crippen LogP contribution in [0.3, 0.4) is 0 Å². The van der Waals surface area contributed by atoms with Crippen molar-refractivity contribution < 1.29 is 0 Å². The van der Waals surface area contributed by atoms with Gasteiger partial charge in [-0.25, -0.2) is 4.98 Å². The van der Waals surface area contributed by atoms with Crippen LogP contribution in [0, 0.1) is 23.2 Å². The molecule has 4 aliphatic rings. The van der Waals surface area contributed by atoms with Crippen LogP contribution >= 0.6 is 0 Å². The quantitative estimate of drug-likeness (QED) is 0.919. The van der Waals surface area contributed by atoms with Crippen LogP contribution in [-0.2, 0) is 0 Å². The first-order valence-electron chi connectivity index (χ1n) is 9.68. The summed E-state index contributed by atoms with van der Waals surface area (Å²) in [4.78, 5) is 9.55. The molecule has 1 saturated heterocycles. The molecule has 2 bridgehead atoms. The van der Waals surface area contributed by atoms with Crippen molar-refractivity contribution in [2.24, 2.45) is 23.2 Å². The van der Waals surface area contributed by atoms with Gasteiger partial charge >= 0.3 is 0 Å². The lowest BCUT2D eigenvalue weighted by Gasteiger charge is -2.60. The highest BCUT2D eigenvalue weighted by atomic mass is 15.3. The lowest BCUT2D eigenvalue weighted by molar-refractivity contribution is -0.100. The Kier molecular flexibility index (Phi) is 4.19. The van der Waals surface area contributed by atoms with Crippen molar-refractivity contribution in [3.8, 4) is 0 Å². The second kappa shape index (κ2) is 6.21. The first kappa shape index (κ1) is 16.2. The first-order valence-corrected chi connectivity index (χ1v) is 9.68. The molecule has 0 spiro atoms. The van der Waals surface area contributed by atoms with E-state index in [-0.39, 0.29) is 0 Å². The Morgan fingerprint density at radius 3 is 2.71 bits per heavy atom. The Balaban J connectivity index is 1.42. The van der Waals surface area contributed by atoms with E-state index in [0.29, 0.717) is 5.41 Å². The van der Waals surface area contributed by atoms with Gasteiger partial charge in [-0.15, -0.1) is 0 Å². The van der Waals surface area contributed by atoms with E-state index in [9.17, 15) is 0 Å². The summed E-state index contributed by atoms with van der Waals surface area (Å²) in [6.07, 6.45) is 6.19. The van der Waals surface area contributed by atoms with E-state index < -0.39 is 0 Å². The molecule has 0 amide bonds. The molecular formula is C20H32N4. The van der Waals surface area contributed by atoms with Crippen LogP contribution in [-0.4, -0.2) is 49.7 Å². The molecule has 132 valence electrons. The number of likely N-dealkylation sites (N-methyl/N-ethyl adjacent to an activating group) is 1. The van der Waals surface area contributed by atoms with E-state index >= 15 is 0 Å². The number of rotatable bonds is 4. The summed E-state index contributed by atoms with van der Waals surface area (Å²) < 4.78 is 0. The number of hydrogen-bond donors (Lipinski definition) is 1. The predicted octanol–water partition coefficient (Wildman–Crippen LogP) is 3.32. The number of nitrogens with one attached hydrogen (secondary N) is 1. The summed E-state index contributed by atoms with van der Waals surface area (Å²) in [6, 6.07) is 4.30. The Hall–Kier alpha value is -1.29. The van der Waals surface area contributed by atoms with Gasteiger partial charge in [0.1, 0.15) is 5.82 Å². The highest BCUT2D eigenvalue weighted by molar-refractivity contribution is 5.65. The molecule has 0 radical (unpaired) electrons. The number of anilines is 2. The molecule has 3 atom stereocenters. The summed E-state index contributed by atoms with van der Waals surface area (Å²) in [7, 11) is 2.20. The fraction of sp³-hybridized carbons (Fsp3) is 0.750. The van der Waals surface area contributed by atoms with E-state index in [1.807, 2.05) is 6.20 Å². The molecular weight excluding hydrogens is 296 g/mol. The Morgan fingerprint density at radius 2 is 2.00 bits per heavy atom. The third-order valence-corrected chi connectivity index (χ3v) is 7.16. The largest absolute Gasteiger partial charge is 0.368 e. The van der Waals surface area contributed by atoms with Crippen LogP contribution in [0.15, 0.2) is 18.3 Å². The van der Waals surface area contributed by atoms with Gasteiger partial charge in [-0.05, 0) is 61.6 Å². The number of hydrogen-bond acceptors (Lipinski definition) is 4. The second-order valence-electron chi connectivity index (χ2n) is 8.74. The minimum atomic E-state index is 0.564. The average Bonchev–Trinajstić information content (AvgIpc) is 2.61. The number of nitrogens with zero attached hydrogens (tertiary/aromatic N) is 3. The van der Waals surface area contributed by atoms with Crippen LogP contribution in [0.1, 0.15) is 33.1 Å². The van der Waals surface area contributed by atoms with Crippen molar-refractivity contribution in [1.29, 1.82) is 0 Å². The minimum Gasteiger partial charge on any atom is -0.368 e. The summed E-state index contributed by atoms with van der Waals surface area (Å²) in [6.45, 7) is 10.5. The molecule has 1 aromatic rings. The van der Waals surface area contributed by atoms with Crippen LogP contribution in [0.2, 0.25) is 0 Å². The van der Waals surface area contributed by atoms with Crippen molar-refractivity contribution in [3.05, 3.63) is 18.3 Å². The summed E-state index contributed by atoms with van der Waals surface area (Å²) >= 11 is 0. The summed E-state index contributed by atoms with van der Waals surface area (Å²) in [5, 5.41) is 3.72. The second-order valence-corrected chi connectivity index (χ2v) is 8.74. The maximum Gasteiger partial charge on any atom is 0.149 e. The van der Waals surface area contributed by atoms with E-state index in [1.54, 1.807) is 0 Å². The van der Waals surface area contributed by atoms with Crippen LogP contribution in [0.25, 0.3) is 0 Å². The van der Waals surface area contributed by atoms with Crippen LogP contribution in [0.4, 0.5) is 11.5 Å². The molecule has 4 nitrogen and oxygen atoms in total. The predicted molar refractivity (Wildman–Crippen MR) is 101 cm³/mol. The van der Waals surface area contributed by atoms with Gasteiger partial charge in [0.2, 0.25) is 0 Å². The molecule has 4 heteroatoms. The number of pyridine rings is 1. The van der Waals surface area contributed by atoms with E-state index in [2.05, 4.69) is 53.1 Å². The molecule has 24 heavy (non-hydrogen) atoms. The van der Waals surface area contributed by atoms with Crippen molar-refractivity contribution in [2.45, 2.75) is 33.1 Å². The van der Waals surface area contributed by atoms with Crippen molar-refractivity contribution in [1.82, 2.24) is 9.88 Å². The van der Waals surface area contributed by atoms with Crippen LogP contribution < -0.4 is 10.2 Å². The zero-order chi connectivity index (χ0) is 16.7. The van der Waals surface area contributed by atoms with E-state index in [0.717, 1.165) is 56.3 Å². The standard InChI is InChI=1S/C20H32N4/c1-20(2)16-7-6-15(17(20)13-16)14-22-19-18(5-4-8-21-19)24-11-9-23(3)10-12-24/h4-5,8,15-17H,6-7,9-14H2,1-3H3,(H,21,22)/t15-,16+,17+/m1/s1. The molecule has 1 aromatic heterocycles. The zero-order valence-corrected chi connectivity index (χ0v) is 15.5. The maximum atomic E-state index is 4.67. The average molecular weight is 329 g/mol. The lowest BCUT2D eigenvalue weighted by atomic mass is 9.45. The van der Waals surface area contributed by atoms with Gasteiger partial charge in [-0.1, -0.05) is 13.8 Å². The third kappa shape index (κ3) is 2.79. The van der Waals surface area contributed by atoms with Gasteiger partial charge in [0, 0.05) is 38.9 Å². The smallest absolute Gasteiger partial charge is 0.149 e. The summed E-state index contributed by atoms with van der Waals surface area (Å²) in [5.41, 5.74) is 1.85. The van der Waals surface area contributed by atoms with Gasteiger partial charge in [-0.2, -0.15) is 0 Å². The minimum absolute atomic E-state index is 0.564. The van der Waals surface area contributed by atoms with Gasteiger partial charge in [0.05, 0.1) is 5.69 Å². The van der Waals surface area contributed by atoms with Crippen molar-refractivity contribution in [2.75, 3.05) is 50.0 Å². The van der Waals surface area contributed by atoms with Crippen molar-refractivity contribution >= 4 is 11.5 Å². The van der Waals surface area contributed by atoms with E-state index in [4.69, 9.17) is 0 Å². The highest BCUT2D eigenvalue weighted by Gasteiger charge is 2.53. The number of piperazine rings is 1. The maximum absolute atomic E-state index is 4.67. The molecule has 1 aliphatic heterocycles. The first-order chi connectivity index (χ1) is 11.6. The fourth-order valence-corrected chi connectivity index (χ4v) is 5.27. The number of fused-ring (bicyclic) bond motifs is 2. The number of aromatic nitrogens is 1. The molecule has 1 N–H and O–H groups in total. The van der Waals surface area contributed by atoms with Gasteiger partial charge in [0.25, 0.3) is 0 Å². The lowest BCUT2D eigenvalue weighted by Crippen LogP contribution is -2.53. The zero-order valence-electron chi connectivity index (χ0n) is 15.5. The third-order valence-electron chi connectivity index (χ3n) is 7.16. The topological polar surface area (TPSA) is 31.4 Å². The normalized spacial score (nSPS) is 32.3.